The summed E-state index contributed by atoms with van der Waals surface area (Å²) in [6.45, 7) is 5.11. The molecule has 128 valence electrons. The second-order valence-corrected chi connectivity index (χ2v) is 5.58. The molecule has 1 heterocycles. The lowest BCUT2D eigenvalue weighted by molar-refractivity contribution is -0.121. The number of halogens is 1. The molecule has 0 aliphatic carbocycles. The van der Waals surface area contributed by atoms with Crippen molar-refractivity contribution in [1.82, 2.24) is 15.3 Å². The van der Waals surface area contributed by atoms with Crippen molar-refractivity contribution in [3.8, 4) is 5.75 Å². The van der Waals surface area contributed by atoms with Gasteiger partial charge in [0.05, 0.1) is 19.6 Å². The molecule has 2 aromatic rings. The SMILES string of the molecule is COc1ccc([C@@H](C)NC(=O)Cc2c(C)nc(C)[nH]c2=O)cc1F. The standard InChI is InChI=1S/C17H20FN3O3/c1-9(12-5-6-15(24-4)14(18)7-12)20-16(22)8-13-10(2)19-11(3)21-17(13)23/h5-7,9H,8H2,1-4H3,(H,20,22)(H,19,21,23)/t9-/m1/s1. The van der Waals surface area contributed by atoms with Crippen LogP contribution in [-0.2, 0) is 11.2 Å². The molecular weight excluding hydrogens is 313 g/mol. The van der Waals surface area contributed by atoms with Crippen LogP contribution in [0, 0.1) is 19.7 Å². The maximum atomic E-state index is 13.7. The predicted octanol–water partition coefficient (Wildman–Crippen LogP) is 1.95. The molecule has 0 radical (unpaired) electrons. The highest BCUT2D eigenvalue weighted by molar-refractivity contribution is 5.79. The number of amides is 1. The molecule has 6 nitrogen and oxygen atoms in total. The number of nitrogens with one attached hydrogen (secondary N) is 2. The number of ether oxygens (including phenoxy) is 1. The predicted molar refractivity (Wildman–Crippen MR) is 87.5 cm³/mol. The molecule has 1 amide bonds. The van der Waals surface area contributed by atoms with Crippen molar-refractivity contribution >= 4 is 5.91 Å². The molecule has 7 heteroatoms. The molecule has 0 aliphatic rings. The Morgan fingerprint density at radius 3 is 2.71 bits per heavy atom. The topological polar surface area (TPSA) is 84.1 Å². The Bertz CT molecular complexity index is 817. The van der Waals surface area contributed by atoms with Gasteiger partial charge in [-0.25, -0.2) is 9.37 Å². The van der Waals surface area contributed by atoms with Crippen LogP contribution in [0.1, 0.15) is 35.6 Å². The molecule has 24 heavy (non-hydrogen) atoms. The first-order chi connectivity index (χ1) is 11.3. The highest BCUT2D eigenvalue weighted by Gasteiger charge is 2.15. The third-order valence-corrected chi connectivity index (χ3v) is 3.73. The van der Waals surface area contributed by atoms with E-state index < -0.39 is 11.9 Å². The van der Waals surface area contributed by atoms with Gasteiger partial charge in [0.1, 0.15) is 5.82 Å². The normalized spacial score (nSPS) is 11.9. The van der Waals surface area contributed by atoms with E-state index in [-0.39, 0.29) is 23.6 Å². The van der Waals surface area contributed by atoms with Gasteiger partial charge in [-0.15, -0.1) is 0 Å². The number of carbonyl (C=O) groups is 1. The summed E-state index contributed by atoms with van der Waals surface area (Å²) in [6, 6.07) is 4.09. The van der Waals surface area contributed by atoms with Crippen molar-refractivity contribution in [3.63, 3.8) is 0 Å². The highest BCUT2D eigenvalue weighted by atomic mass is 19.1. The number of H-pyrrole nitrogens is 1. The molecule has 0 fully saturated rings. The first kappa shape index (κ1) is 17.7. The van der Waals surface area contributed by atoms with Gasteiger partial charge >= 0.3 is 0 Å². The molecular formula is C17H20FN3O3. The summed E-state index contributed by atoms with van der Waals surface area (Å²) < 4.78 is 18.6. The van der Waals surface area contributed by atoms with Gasteiger partial charge in [-0.3, -0.25) is 9.59 Å². The molecule has 0 saturated heterocycles. The maximum absolute atomic E-state index is 13.7. The lowest BCUT2D eigenvalue weighted by Gasteiger charge is -2.15. The minimum atomic E-state index is -0.494. The molecule has 1 atom stereocenters. The van der Waals surface area contributed by atoms with E-state index in [0.29, 0.717) is 22.6 Å². The zero-order valence-electron chi connectivity index (χ0n) is 14.1. The number of methoxy groups -OCH3 is 1. The van der Waals surface area contributed by atoms with Crippen LogP contribution in [0.5, 0.6) is 5.75 Å². The molecule has 0 spiro atoms. The highest BCUT2D eigenvalue weighted by Crippen LogP contribution is 2.21. The van der Waals surface area contributed by atoms with Gasteiger partial charge in [-0.05, 0) is 38.5 Å². The third kappa shape index (κ3) is 3.98. The zero-order valence-corrected chi connectivity index (χ0v) is 14.1. The monoisotopic (exact) mass is 333 g/mol. The smallest absolute Gasteiger partial charge is 0.254 e. The van der Waals surface area contributed by atoms with Crippen LogP contribution in [-0.4, -0.2) is 23.0 Å². The Balaban J connectivity index is 2.10. The average molecular weight is 333 g/mol. The fourth-order valence-electron chi connectivity index (χ4n) is 2.45. The fourth-order valence-corrected chi connectivity index (χ4v) is 2.45. The van der Waals surface area contributed by atoms with Crippen molar-refractivity contribution in [2.24, 2.45) is 0 Å². The summed E-state index contributed by atoms with van der Waals surface area (Å²) >= 11 is 0. The van der Waals surface area contributed by atoms with Gasteiger partial charge in [-0.1, -0.05) is 6.07 Å². The number of benzene rings is 1. The second-order valence-electron chi connectivity index (χ2n) is 5.58. The molecule has 1 aromatic heterocycles. The minimum absolute atomic E-state index is 0.0859. The Hall–Kier alpha value is -2.70. The quantitative estimate of drug-likeness (QED) is 0.876. The molecule has 0 saturated carbocycles. The fraction of sp³-hybridized carbons (Fsp3) is 0.353. The largest absolute Gasteiger partial charge is 0.494 e. The molecule has 1 aromatic carbocycles. The van der Waals surface area contributed by atoms with Crippen LogP contribution in [0.4, 0.5) is 4.39 Å². The Labute approximate surface area is 139 Å². The number of hydrogen-bond acceptors (Lipinski definition) is 4. The molecule has 2 rings (SSSR count). The Morgan fingerprint density at radius 2 is 2.12 bits per heavy atom. The van der Waals surface area contributed by atoms with Gasteiger partial charge < -0.3 is 15.0 Å². The van der Waals surface area contributed by atoms with Crippen LogP contribution >= 0.6 is 0 Å². The third-order valence-electron chi connectivity index (χ3n) is 3.73. The van der Waals surface area contributed by atoms with Gasteiger partial charge in [-0.2, -0.15) is 0 Å². The van der Waals surface area contributed by atoms with Crippen molar-refractivity contribution in [2.45, 2.75) is 33.2 Å². The summed E-state index contributed by atoms with van der Waals surface area (Å²) in [5.74, 6) is -0.182. The van der Waals surface area contributed by atoms with Crippen molar-refractivity contribution < 1.29 is 13.9 Å². The Kier molecular flexibility index (Phi) is 5.33. The van der Waals surface area contributed by atoms with Crippen LogP contribution in [0.2, 0.25) is 0 Å². The van der Waals surface area contributed by atoms with Crippen LogP contribution < -0.4 is 15.6 Å². The van der Waals surface area contributed by atoms with E-state index in [2.05, 4.69) is 15.3 Å². The molecule has 0 unspecified atom stereocenters. The summed E-state index contributed by atoms with van der Waals surface area (Å²) in [6.07, 6.45) is -0.0859. The number of aromatic nitrogens is 2. The van der Waals surface area contributed by atoms with E-state index in [9.17, 15) is 14.0 Å². The van der Waals surface area contributed by atoms with Crippen molar-refractivity contribution in [1.29, 1.82) is 0 Å². The van der Waals surface area contributed by atoms with E-state index >= 15 is 0 Å². The second kappa shape index (κ2) is 7.25. The van der Waals surface area contributed by atoms with Crippen molar-refractivity contribution in [2.75, 3.05) is 7.11 Å². The number of rotatable bonds is 5. The van der Waals surface area contributed by atoms with Gasteiger partial charge in [0.2, 0.25) is 5.91 Å². The lowest BCUT2D eigenvalue weighted by Crippen LogP contribution is -2.31. The summed E-state index contributed by atoms with van der Waals surface area (Å²) in [7, 11) is 1.39. The number of aromatic amines is 1. The number of nitrogens with zero attached hydrogens (tertiary/aromatic N) is 1. The number of aryl methyl sites for hydroxylation is 2. The average Bonchev–Trinajstić information content (AvgIpc) is 2.50. The zero-order chi connectivity index (χ0) is 17.9. The van der Waals surface area contributed by atoms with Gasteiger partial charge in [0.25, 0.3) is 5.56 Å². The van der Waals surface area contributed by atoms with E-state index in [1.807, 2.05) is 0 Å². The summed E-state index contributed by atoms with van der Waals surface area (Å²) in [4.78, 5) is 30.8. The first-order valence-electron chi connectivity index (χ1n) is 7.51. The van der Waals surface area contributed by atoms with Gasteiger partial charge in [0, 0.05) is 11.3 Å². The van der Waals surface area contributed by atoms with E-state index in [1.54, 1.807) is 26.8 Å². The minimum Gasteiger partial charge on any atom is -0.494 e. The van der Waals surface area contributed by atoms with E-state index in [4.69, 9.17) is 4.74 Å². The molecule has 2 N–H and O–H groups in total. The number of carbonyl (C=O) groups excluding carboxylic acids is 1. The molecule has 0 bridgehead atoms. The van der Waals surface area contributed by atoms with Crippen molar-refractivity contribution in [3.05, 3.63) is 57.0 Å². The summed E-state index contributed by atoms with van der Waals surface area (Å²) in [5, 5.41) is 2.75. The van der Waals surface area contributed by atoms with Crippen LogP contribution in [0.25, 0.3) is 0 Å². The van der Waals surface area contributed by atoms with E-state index in [0.717, 1.165) is 0 Å². The summed E-state index contributed by atoms with van der Waals surface area (Å²) in [5.41, 5.74) is 1.13. The maximum Gasteiger partial charge on any atom is 0.254 e. The van der Waals surface area contributed by atoms with Gasteiger partial charge in [0.15, 0.2) is 11.6 Å². The van der Waals surface area contributed by atoms with Crippen LogP contribution in [0.15, 0.2) is 23.0 Å². The Morgan fingerprint density at radius 1 is 1.42 bits per heavy atom. The molecule has 0 aliphatic heterocycles. The number of hydrogen-bond donors (Lipinski definition) is 2. The van der Waals surface area contributed by atoms with E-state index in [1.165, 1.54) is 19.2 Å². The van der Waals surface area contributed by atoms with Crippen LogP contribution in [0.3, 0.4) is 0 Å². The lowest BCUT2D eigenvalue weighted by atomic mass is 10.1. The first-order valence-corrected chi connectivity index (χ1v) is 7.51.